The number of urea groups is 1. The fourth-order valence-electron chi connectivity index (χ4n) is 2.21. The summed E-state index contributed by atoms with van der Waals surface area (Å²) >= 11 is 3.33. The lowest BCUT2D eigenvalue weighted by atomic mass is 10.2. The number of carbonyl (C=O) groups is 2. The van der Waals surface area contributed by atoms with Crippen molar-refractivity contribution in [1.82, 2.24) is 4.90 Å². The van der Waals surface area contributed by atoms with Crippen LogP contribution in [0.1, 0.15) is 12.8 Å². The molecule has 1 aliphatic rings. The number of anilines is 1. The van der Waals surface area contributed by atoms with Crippen molar-refractivity contribution in [3.8, 4) is 5.75 Å². The summed E-state index contributed by atoms with van der Waals surface area (Å²) in [6.07, 6.45) is 1.20. The normalized spacial score (nSPS) is 17.9. The molecule has 1 atom stereocenters. The van der Waals surface area contributed by atoms with Crippen LogP contribution in [0.4, 0.5) is 10.5 Å². The van der Waals surface area contributed by atoms with Gasteiger partial charge in [-0.05, 0) is 47.0 Å². The van der Waals surface area contributed by atoms with Gasteiger partial charge in [-0.1, -0.05) is 0 Å². The number of aliphatic carboxylic acids is 1. The van der Waals surface area contributed by atoms with E-state index in [0.29, 0.717) is 35.3 Å². The van der Waals surface area contributed by atoms with Crippen molar-refractivity contribution >= 4 is 33.6 Å². The lowest BCUT2D eigenvalue weighted by Gasteiger charge is -2.22. The van der Waals surface area contributed by atoms with Gasteiger partial charge in [0.1, 0.15) is 11.8 Å². The summed E-state index contributed by atoms with van der Waals surface area (Å²) in [5.41, 5.74) is 0.582. The SMILES string of the molecule is COc1ccc(NC(=O)N2CCC[C@@H]2C(=O)O)cc1Br. The fourth-order valence-corrected chi connectivity index (χ4v) is 2.75. The first-order valence-corrected chi connectivity index (χ1v) is 6.96. The van der Waals surface area contributed by atoms with Crippen molar-refractivity contribution in [2.75, 3.05) is 19.0 Å². The van der Waals surface area contributed by atoms with E-state index in [4.69, 9.17) is 9.84 Å². The summed E-state index contributed by atoms with van der Waals surface area (Å²) in [4.78, 5) is 24.5. The zero-order valence-electron chi connectivity index (χ0n) is 10.9. The molecule has 1 aromatic rings. The van der Waals surface area contributed by atoms with Gasteiger partial charge in [-0.25, -0.2) is 9.59 Å². The predicted octanol–water partition coefficient (Wildman–Crippen LogP) is 2.54. The number of halogens is 1. The maximum absolute atomic E-state index is 12.1. The zero-order chi connectivity index (χ0) is 14.7. The van der Waals surface area contributed by atoms with Crippen LogP contribution in [-0.2, 0) is 4.79 Å². The van der Waals surface area contributed by atoms with Gasteiger partial charge in [0.05, 0.1) is 11.6 Å². The second-order valence-corrected chi connectivity index (χ2v) is 5.32. The minimum atomic E-state index is -0.964. The van der Waals surface area contributed by atoms with Crippen LogP contribution in [0, 0.1) is 0 Å². The highest BCUT2D eigenvalue weighted by Crippen LogP contribution is 2.28. The number of ether oxygens (including phenoxy) is 1. The second-order valence-electron chi connectivity index (χ2n) is 4.47. The smallest absolute Gasteiger partial charge is 0.326 e. The first-order valence-electron chi connectivity index (χ1n) is 6.17. The summed E-state index contributed by atoms with van der Waals surface area (Å²) in [7, 11) is 1.56. The van der Waals surface area contributed by atoms with Crippen LogP contribution in [0.3, 0.4) is 0 Å². The van der Waals surface area contributed by atoms with Crippen LogP contribution in [0.2, 0.25) is 0 Å². The summed E-state index contributed by atoms with van der Waals surface area (Å²) in [6, 6.07) is 4.00. The number of likely N-dealkylation sites (tertiary alicyclic amines) is 1. The Hall–Kier alpha value is -1.76. The summed E-state index contributed by atoms with van der Waals surface area (Å²) in [5, 5.41) is 11.8. The Balaban J connectivity index is 2.08. The predicted molar refractivity (Wildman–Crippen MR) is 77.1 cm³/mol. The van der Waals surface area contributed by atoms with E-state index in [2.05, 4.69) is 21.2 Å². The molecule has 6 nitrogen and oxygen atoms in total. The largest absolute Gasteiger partial charge is 0.496 e. The van der Waals surface area contributed by atoms with Gasteiger partial charge in [-0.15, -0.1) is 0 Å². The molecule has 1 heterocycles. The zero-order valence-corrected chi connectivity index (χ0v) is 12.5. The fraction of sp³-hybridized carbons (Fsp3) is 0.385. The number of amides is 2. The molecular weight excluding hydrogens is 328 g/mol. The summed E-state index contributed by atoms with van der Waals surface area (Å²) in [5.74, 6) is -0.304. The second kappa shape index (κ2) is 6.13. The van der Waals surface area contributed by atoms with Gasteiger partial charge in [0, 0.05) is 12.2 Å². The first-order chi connectivity index (χ1) is 9.52. The Kier molecular flexibility index (Phi) is 4.49. The first kappa shape index (κ1) is 14.6. The standard InChI is InChI=1S/C13H15BrN2O4/c1-20-11-5-4-8(7-9(11)14)15-13(19)16-6-2-3-10(16)12(17)18/h4-5,7,10H,2-3,6H2,1H3,(H,15,19)(H,17,18)/t10-/m1/s1. The Morgan fingerprint density at radius 3 is 2.85 bits per heavy atom. The van der Waals surface area contributed by atoms with E-state index < -0.39 is 18.0 Å². The van der Waals surface area contributed by atoms with Crippen LogP contribution >= 0.6 is 15.9 Å². The Bertz CT molecular complexity index is 535. The lowest BCUT2D eigenvalue weighted by molar-refractivity contribution is -0.141. The average molecular weight is 343 g/mol. The number of hydrogen-bond donors (Lipinski definition) is 2. The molecule has 108 valence electrons. The summed E-state index contributed by atoms with van der Waals surface area (Å²) in [6.45, 7) is 0.458. The van der Waals surface area contributed by atoms with Crippen molar-refractivity contribution < 1.29 is 19.4 Å². The molecule has 2 N–H and O–H groups in total. The molecule has 0 unspecified atom stereocenters. The Morgan fingerprint density at radius 2 is 2.25 bits per heavy atom. The molecule has 0 radical (unpaired) electrons. The van der Waals surface area contributed by atoms with Gasteiger partial charge in [0.25, 0.3) is 0 Å². The molecule has 0 spiro atoms. The third kappa shape index (κ3) is 3.04. The molecule has 0 bridgehead atoms. The van der Waals surface area contributed by atoms with Crippen LogP contribution < -0.4 is 10.1 Å². The van der Waals surface area contributed by atoms with Crippen LogP contribution in [0.25, 0.3) is 0 Å². The van der Waals surface area contributed by atoms with Gasteiger partial charge in [0.2, 0.25) is 0 Å². The highest BCUT2D eigenvalue weighted by atomic mass is 79.9. The number of rotatable bonds is 3. The highest BCUT2D eigenvalue weighted by Gasteiger charge is 2.33. The molecule has 20 heavy (non-hydrogen) atoms. The monoisotopic (exact) mass is 342 g/mol. The van der Waals surface area contributed by atoms with E-state index in [1.165, 1.54) is 4.90 Å². The average Bonchev–Trinajstić information content (AvgIpc) is 2.88. The molecule has 2 rings (SSSR count). The number of carboxylic acids is 1. The molecule has 0 aromatic heterocycles. The molecule has 1 aliphatic heterocycles. The van der Waals surface area contributed by atoms with Gasteiger partial charge in [-0.2, -0.15) is 0 Å². The number of carboxylic acid groups (broad SMARTS) is 1. The van der Waals surface area contributed by atoms with Gasteiger partial charge in [-0.3, -0.25) is 0 Å². The minimum Gasteiger partial charge on any atom is -0.496 e. The number of carbonyl (C=O) groups excluding carboxylic acids is 1. The molecular formula is C13H15BrN2O4. The minimum absolute atomic E-state index is 0.396. The van der Waals surface area contributed by atoms with Crippen molar-refractivity contribution in [1.29, 1.82) is 0 Å². The van der Waals surface area contributed by atoms with Crippen molar-refractivity contribution in [3.05, 3.63) is 22.7 Å². The topological polar surface area (TPSA) is 78.9 Å². The number of nitrogens with one attached hydrogen (secondary N) is 1. The maximum atomic E-state index is 12.1. The van der Waals surface area contributed by atoms with Crippen LogP contribution in [0.5, 0.6) is 5.75 Å². The Labute approximate surface area is 124 Å². The Morgan fingerprint density at radius 1 is 1.50 bits per heavy atom. The van der Waals surface area contributed by atoms with E-state index in [0.717, 1.165) is 0 Å². The van der Waals surface area contributed by atoms with E-state index in [1.807, 2.05) is 0 Å². The van der Waals surface area contributed by atoms with Gasteiger partial charge < -0.3 is 20.1 Å². The van der Waals surface area contributed by atoms with Gasteiger partial charge in [0.15, 0.2) is 0 Å². The summed E-state index contributed by atoms with van der Waals surface area (Å²) < 4.78 is 5.82. The molecule has 7 heteroatoms. The molecule has 1 saturated heterocycles. The van der Waals surface area contributed by atoms with E-state index in [1.54, 1.807) is 25.3 Å². The quantitative estimate of drug-likeness (QED) is 0.884. The van der Waals surface area contributed by atoms with Crippen LogP contribution in [-0.4, -0.2) is 41.7 Å². The third-order valence-electron chi connectivity index (χ3n) is 3.20. The van der Waals surface area contributed by atoms with Gasteiger partial charge >= 0.3 is 12.0 Å². The number of hydrogen-bond acceptors (Lipinski definition) is 3. The molecule has 2 amide bonds. The molecule has 1 fully saturated rings. The van der Waals surface area contributed by atoms with Crippen molar-refractivity contribution in [3.63, 3.8) is 0 Å². The molecule has 0 aliphatic carbocycles. The number of methoxy groups -OCH3 is 1. The van der Waals surface area contributed by atoms with Crippen molar-refractivity contribution in [2.45, 2.75) is 18.9 Å². The van der Waals surface area contributed by atoms with E-state index in [9.17, 15) is 9.59 Å². The number of benzene rings is 1. The third-order valence-corrected chi connectivity index (χ3v) is 3.82. The molecule has 1 aromatic carbocycles. The van der Waals surface area contributed by atoms with E-state index in [-0.39, 0.29) is 0 Å². The van der Waals surface area contributed by atoms with Crippen molar-refractivity contribution in [2.24, 2.45) is 0 Å². The lowest BCUT2D eigenvalue weighted by Crippen LogP contribution is -2.42. The van der Waals surface area contributed by atoms with Crippen LogP contribution in [0.15, 0.2) is 22.7 Å². The number of nitrogens with zero attached hydrogens (tertiary/aromatic N) is 1. The van der Waals surface area contributed by atoms with E-state index >= 15 is 0 Å². The highest BCUT2D eigenvalue weighted by molar-refractivity contribution is 9.10. The maximum Gasteiger partial charge on any atom is 0.326 e. The molecule has 0 saturated carbocycles.